The van der Waals surface area contributed by atoms with Gasteiger partial charge in [-0.1, -0.05) is 17.7 Å². The van der Waals surface area contributed by atoms with Gasteiger partial charge in [0.2, 0.25) is 5.91 Å². The van der Waals surface area contributed by atoms with E-state index in [0.29, 0.717) is 5.56 Å². The maximum Gasteiger partial charge on any atom is 0.326 e. The van der Waals surface area contributed by atoms with E-state index in [4.69, 9.17) is 21.4 Å². The molecule has 1 unspecified atom stereocenters. The van der Waals surface area contributed by atoms with E-state index in [2.05, 4.69) is 5.32 Å². The van der Waals surface area contributed by atoms with Gasteiger partial charge in [0.15, 0.2) is 0 Å². The number of nitrogens with one attached hydrogen (secondary N) is 1. The van der Waals surface area contributed by atoms with Crippen LogP contribution in [-0.4, -0.2) is 36.7 Å². The lowest BCUT2D eigenvalue weighted by molar-refractivity contribution is -0.141. The fraction of sp³-hybridized carbons (Fsp3) is 0.286. The first-order valence-corrected chi connectivity index (χ1v) is 6.47. The number of aliphatic carboxylic acids is 1. The number of hydrogen-bond acceptors (Lipinski definition) is 3. The fourth-order valence-corrected chi connectivity index (χ4v) is 1.69. The lowest BCUT2D eigenvalue weighted by Gasteiger charge is -2.12. The largest absolute Gasteiger partial charge is 0.480 e. The molecule has 1 aromatic rings. The number of amides is 1. The Hall–Kier alpha value is -1.92. The molecule has 0 aliphatic heterocycles. The van der Waals surface area contributed by atoms with Crippen LogP contribution in [0.1, 0.15) is 12.0 Å². The van der Waals surface area contributed by atoms with Gasteiger partial charge in [-0.2, -0.15) is 0 Å². The molecular formula is C14H15ClFNO4. The Kier molecular flexibility index (Phi) is 6.84. The Morgan fingerprint density at radius 1 is 1.52 bits per heavy atom. The molecular weight excluding hydrogens is 301 g/mol. The molecule has 0 saturated carbocycles. The zero-order valence-electron chi connectivity index (χ0n) is 11.3. The molecule has 0 spiro atoms. The van der Waals surface area contributed by atoms with Crippen molar-refractivity contribution in [3.63, 3.8) is 0 Å². The summed E-state index contributed by atoms with van der Waals surface area (Å²) in [6.07, 6.45) is 2.73. The number of benzene rings is 1. The number of rotatable bonds is 7. The topological polar surface area (TPSA) is 75.6 Å². The summed E-state index contributed by atoms with van der Waals surface area (Å²) in [5.41, 5.74) is 0.528. The third-order valence-electron chi connectivity index (χ3n) is 2.60. The molecule has 1 amide bonds. The summed E-state index contributed by atoms with van der Waals surface area (Å²) in [5.74, 6) is -2.26. The Balaban J connectivity index is 2.64. The smallest absolute Gasteiger partial charge is 0.326 e. The van der Waals surface area contributed by atoms with Gasteiger partial charge in [-0.3, -0.25) is 4.79 Å². The second-order valence-electron chi connectivity index (χ2n) is 4.19. The summed E-state index contributed by atoms with van der Waals surface area (Å²) in [6.45, 7) is 0.217. The van der Waals surface area contributed by atoms with Crippen molar-refractivity contribution in [1.29, 1.82) is 0 Å². The van der Waals surface area contributed by atoms with Crippen LogP contribution in [0, 0.1) is 5.82 Å². The number of carbonyl (C=O) groups is 2. The number of halogens is 2. The van der Waals surface area contributed by atoms with Crippen molar-refractivity contribution in [2.75, 3.05) is 13.7 Å². The number of carbonyl (C=O) groups excluding carboxylic acids is 1. The van der Waals surface area contributed by atoms with Gasteiger partial charge < -0.3 is 15.2 Å². The van der Waals surface area contributed by atoms with Crippen molar-refractivity contribution >= 4 is 29.6 Å². The Morgan fingerprint density at radius 3 is 2.81 bits per heavy atom. The Bertz CT molecular complexity index is 548. The Labute approximate surface area is 126 Å². The van der Waals surface area contributed by atoms with Crippen LogP contribution in [-0.2, 0) is 14.3 Å². The second kappa shape index (κ2) is 8.39. The van der Waals surface area contributed by atoms with E-state index in [9.17, 15) is 14.0 Å². The van der Waals surface area contributed by atoms with Crippen LogP contribution in [0.25, 0.3) is 6.08 Å². The van der Waals surface area contributed by atoms with Gasteiger partial charge in [0, 0.05) is 26.2 Å². The zero-order valence-corrected chi connectivity index (χ0v) is 12.1. The summed E-state index contributed by atoms with van der Waals surface area (Å²) in [4.78, 5) is 22.6. The van der Waals surface area contributed by atoms with Crippen LogP contribution in [0.4, 0.5) is 4.39 Å². The normalized spacial score (nSPS) is 12.3. The van der Waals surface area contributed by atoms with Crippen molar-refractivity contribution < 1.29 is 23.8 Å². The lowest BCUT2D eigenvalue weighted by atomic mass is 10.2. The van der Waals surface area contributed by atoms with Crippen molar-refractivity contribution in [1.82, 2.24) is 5.32 Å². The van der Waals surface area contributed by atoms with Crippen LogP contribution < -0.4 is 5.32 Å². The van der Waals surface area contributed by atoms with E-state index < -0.39 is 23.7 Å². The van der Waals surface area contributed by atoms with E-state index >= 15 is 0 Å². The number of carboxylic acids is 1. The molecule has 1 rings (SSSR count). The molecule has 7 heteroatoms. The number of hydrogen-bond donors (Lipinski definition) is 2. The van der Waals surface area contributed by atoms with Crippen LogP contribution >= 0.6 is 11.6 Å². The highest BCUT2D eigenvalue weighted by Crippen LogP contribution is 2.16. The summed E-state index contributed by atoms with van der Waals surface area (Å²) in [6, 6.07) is 2.96. The zero-order chi connectivity index (χ0) is 15.8. The van der Waals surface area contributed by atoms with E-state index in [1.165, 1.54) is 31.4 Å². The number of methoxy groups -OCH3 is 1. The fourth-order valence-electron chi connectivity index (χ4n) is 1.50. The lowest BCUT2D eigenvalue weighted by Crippen LogP contribution is -2.40. The average Bonchev–Trinajstić information content (AvgIpc) is 2.44. The first kappa shape index (κ1) is 17.1. The van der Waals surface area contributed by atoms with Crippen molar-refractivity contribution in [2.24, 2.45) is 0 Å². The summed E-state index contributed by atoms with van der Waals surface area (Å²) >= 11 is 5.61. The summed E-state index contributed by atoms with van der Waals surface area (Å²) in [7, 11) is 1.44. The third kappa shape index (κ3) is 5.93. The summed E-state index contributed by atoms with van der Waals surface area (Å²) in [5, 5.41) is 11.2. The van der Waals surface area contributed by atoms with Gasteiger partial charge in [0.05, 0.1) is 5.02 Å². The minimum Gasteiger partial charge on any atom is -0.480 e. The van der Waals surface area contributed by atoms with Crippen molar-refractivity contribution in [2.45, 2.75) is 12.5 Å². The average molecular weight is 316 g/mol. The van der Waals surface area contributed by atoms with Gasteiger partial charge >= 0.3 is 5.97 Å². The maximum atomic E-state index is 13.0. The molecule has 0 heterocycles. The predicted molar refractivity (Wildman–Crippen MR) is 76.5 cm³/mol. The molecule has 21 heavy (non-hydrogen) atoms. The first-order chi connectivity index (χ1) is 9.93. The molecule has 1 aromatic carbocycles. The number of ether oxygens (including phenoxy) is 1. The van der Waals surface area contributed by atoms with Gasteiger partial charge in [0.1, 0.15) is 11.9 Å². The van der Waals surface area contributed by atoms with E-state index in [0.717, 1.165) is 6.08 Å². The van der Waals surface area contributed by atoms with Crippen molar-refractivity contribution in [3.05, 3.63) is 40.7 Å². The SMILES string of the molecule is COCCC(NC(=O)C=Cc1ccc(F)c(Cl)c1)C(=O)O. The highest BCUT2D eigenvalue weighted by Gasteiger charge is 2.18. The highest BCUT2D eigenvalue weighted by molar-refractivity contribution is 6.30. The maximum absolute atomic E-state index is 13.0. The Morgan fingerprint density at radius 2 is 2.24 bits per heavy atom. The molecule has 0 radical (unpaired) electrons. The molecule has 5 nitrogen and oxygen atoms in total. The molecule has 1 atom stereocenters. The summed E-state index contributed by atoms with van der Waals surface area (Å²) < 4.78 is 17.7. The molecule has 0 saturated heterocycles. The first-order valence-electron chi connectivity index (χ1n) is 6.09. The van der Waals surface area contributed by atoms with Crippen LogP contribution in [0.3, 0.4) is 0 Å². The van der Waals surface area contributed by atoms with Gasteiger partial charge in [0.25, 0.3) is 0 Å². The quantitative estimate of drug-likeness (QED) is 0.756. The van der Waals surface area contributed by atoms with Gasteiger partial charge in [-0.25, -0.2) is 9.18 Å². The molecule has 2 N–H and O–H groups in total. The molecule has 0 aromatic heterocycles. The number of carboxylic acid groups (broad SMARTS) is 1. The minimum atomic E-state index is -1.14. The van der Waals surface area contributed by atoms with Gasteiger partial charge in [-0.15, -0.1) is 0 Å². The van der Waals surface area contributed by atoms with Crippen LogP contribution in [0.2, 0.25) is 5.02 Å². The van der Waals surface area contributed by atoms with E-state index in [1.807, 2.05) is 0 Å². The van der Waals surface area contributed by atoms with E-state index in [-0.39, 0.29) is 18.1 Å². The van der Waals surface area contributed by atoms with Gasteiger partial charge in [-0.05, 0) is 23.8 Å². The van der Waals surface area contributed by atoms with E-state index in [1.54, 1.807) is 0 Å². The van der Waals surface area contributed by atoms with Crippen molar-refractivity contribution in [3.8, 4) is 0 Å². The predicted octanol–water partition coefficient (Wildman–Crippen LogP) is 2.10. The second-order valence-corrected chi connectivity index (χ2v) is 4.59. The molecule has 0 aliphatic rings. The molecule has 0 fully saturated rings. The standard InChI is InChI=1S/C14H15ClFNO4/c1-21-7-6-12(14(19)20)17-13(18)5-3-9-2-4-11(16)10(15)8-9/h2-5,8,12H,6-7H2,1H3,(H,17,18)(H,19,20). The monoisotopic (exact) mass is 315 g/mol. The third-order valence-corrected chi connectivity index (χ3v) is 2.89. The minimum absolute atomic E-state index is 0.0546. The molecule has 0 aliphatic carbocycles. The highest BCUT2D eigenvalue weighted by atomic mass is 35.5. The molecule has 114 valence electrons. The molecule has 0 bridgehead atoms. The van der Waals surface area contributed by atoms with Crippen LogP contribution in [0.15, 0.2) is 24.3 Å². The van der Waals surface area contributed by atoms with Crippen LogP contribution in [0.5, 0.6) is 0 Å².